The third-order valence-corrected chi connectivity index (χ3v) is 2.91. The van der Waals surface area contributed by atoms with Crippen molar-refractivity contribution in [3.8, 4) is 0 Å². The maximum absolute atomic E-state index is 11.6. The summed E-state index contributed by atoms with van der Waals surface area (Å²) in [6.45, 7) is 1.95. The Bertz CT molecular complexity index is 625. The number of hydrogen-bond donors (Lipinski definition) is 0. The van der Waals surface area contributed by atoms with Crippen LogP contribution < -0.4 is 0 Å². The van der Waals surface area contributed by atoms with Crippen LogP contribution in [0, 0.1) is 0 Å². The van der Waals surface area contributed by atoms with Crippen molar-refractivity contribution in [1.82, 2.24) is 0 Å². The second-order valence-electron chi connectivity index (χ2n) is 4.81. The van der Waals surface area contributed by atoms with Gasteiger partial charge in [-0.2, -0.15) is 0 Å². The first-order valence-electron chi connectivity index (χ1n) is 6.87. The van der Waals surface area contributed by atoms with Gasteiger partial charge in [0.2, 0.25) is 0 Å². The minimum Gasteiger partial charge on any atom is -0.431 e. The van der Waals surface area contributed by atoms with E-state index >= 15 is 0 Å². The number of allylic oxidation sites excluding steroid dienone is 1. The Balaban J connectivity index is 1.85. The molecule has 0 bridgehead atoms. The summed E-state index contributed by atoms with van der Waals surface area (Å²) >= 11 is 0. The molecule has 21 heavy (non-hydrogen) atoms. The van der Waals surface area contributed by atoms with Crippen molar-refractivity contribution in [3.05, 3.63) is 89.7 Å². The number of hydrogen-bond acceptors (Lipinski definition) is 2. The van der Waals surface area contributed by atoms with Crippen LogP contribution in [0.2, 0.25) is 0 Å². The van der Waals surface area contributed by atoms with Crippen molar-refractivity contribution in [1.29, 1.82) is 0 Å². The van der Waals surface area contributed by atoms with Gasteiger partial charge in [-0.1, -0.05) is 60.7 Å². The molecule has 0 amide bonds. The molecule has 2 nitrogen and oxygen atoms in total. The summed E-state index contributed by atoms with van der Waals surface area (Å²) in [7, 11) is 0. The van der Waals surface area contributed by atoms with E-state index in [0.717, 1.165) is 17.6 Å². The molecule has 0 aliphatic carbocycles. The van der Waals surface area contributed by atoms with Gasteiger partial charge in [0.1, 0.15) is 0 Å². The molecular formula is C19H18O2. The zero-order valence-electron chi connectivity index (χ0n) is 12.0. The molecule has 0 aromatic heterocycles. The second kappa shape index (κ2) is 7.85. The van der Waals surface area contributed by atoms with Crippen LogP contribution in [0.15, 0.2) is 78.6 Å². The maximum atomic E-state index is 11.6. The monoisotopic (exact) mass is 278 g/mol. The Morgan fingerprint density at radius 3 is 2.29 bits per heavy atom. The summed E-state index contributed by atoms with van der Waals surface area (Å²) in [5.74, 6) is -0.369. The predicted octanol–water partition coefficient (Wildman–Crippen LogP) is 4.39. The van der Waals surface area contributed by atoms with Crippen molar-refractivity contribution in [2.75, 3.05) is 0 Å². The first-order chi connectivity index (χ1) is 10.2. The molecule has 0 heterocycles. The third-order valence-electron chi connectivity index (χ3n) is 2.91. The van der Waals surface area contributed by atoms with Crippen LogP contribution in [-0.2, 0) is 16.0 Å². The zero-order chi connectivity index (χ0) is 14.9. The summed E-state index contributed by atoms with van der Waals surface area (Å²) < 4.78 is 5.11. The lowest BCUT2D eigenvalue weighted by Crippen LogP contribution is -1.96. The fourth-order valence-corrected chi connectivity index (χ4v) is 1.89. The molecule has 0 radical (unpaired) electrons. The highest BCUT2D eigenvalue weighted by molar-refractivity contribution is 5.87. The van der Waals surface area contributed by atoms with Crippen molar-refractivity contribution in [3.63, 3.8) is 0 Å². The average Bonchev–Trinajstić information content (AvgIpc) is 2.53. The number of benzene rings is 2. The normalized spacial score (nSPS) is 11.6. The van der Waals surface area contributed by atoms with Crippen LogP contribution in [0.5, 0.6) is 0 Å². The van der Waals surface area contributed by atoms with Gasteiger partial charge in [-0.05, 0) is 36.1 Å². The van der Waals surface area contributed by atoms with Gasteiger partial charge in [0.15, 0.2) is 0 Å². The van der Waals surface area contributed by atoms with Crippen LogP contribution >= 0.6 is 0 Å². The van der Waals surface area contributed by atoms with Crippen LogP contribution in [0.3, 0.4) is 0 Å². The van der Waals surface area contributed by atoms with Crippen molar-refractivity contribution < 1.29 is 9.53 Å². The van der Waals surface area contributed by atoms with Gasteiger partial charge in [-0.15, -0.1) is 0 Å². The Morgan fingerprint density at radius 1 is 1.00 bits per heavy atom. The van der Waals surface area contributed by atoms with Crippen LogP contribution in [0.1, 0.15) is 18.1 Å². The number of ether oxygens (including phenoxy) is 1. The number of rotatable bonds is 5. The third kappa shape index (κ3) is 5.49. The first-order valence-corrected chi connectivity index (χ1v) is 6.87. The quantitative estimate of drug-likeness (QED) is 0.460. The van der Waals surface area contributed by atoms with Gasteiger partial charge in [0.05, 0.1) is 6.26 Å². The standard InChI is InChI=1S/C19H18O2/c1-16(14-18-10-6-3-7-11-18)15-21-19(20)13-12-17-8-4-2-5-9-17/h2-13,15H,14H2,1H3/b13-12+,16-15+. The van der Waals surface area contributed by atoms with Gasteiger partial charge in [0.25, 0.3) is 0 Å². The van der Waals surface area contributed by atoms with Gasteiger partial charge < -0.3 is 4.74 Å². The molecule has 0 saturated carbocycles. The van der Waals surface area contributed by atoms with E-state index in [1.165, 1.54) is 17.9 Å². The minimum absolute atomic E-state index is 0.369. The fraction of sp³-hybridized carbons (Fsp3) is 0.105. The molecule has 0 aliphatic rings. The van der Waals surface area contributed by atoms with Gasteiger partial charge in [-0.3, -0.25) is 0 Å². The lowest BCUT2D eigenvalue weighted by Gasteiger charge is -2.01. The average molecular weight is 278 g/mol. The Labute approximate surface area is 125 Å². The van der Waals surface area contributed by atoms with Crippen molar-refractivity contribution in [2.45, 2.75) is 13.3 Å². The minimum atomic E-state index is -0.369. The summed E-state index contributed by atoms with van der Waals surface area (Å²) in [5.41, 5.74) is 3.17. The van der Waals surface area contributed by atoms with E-state index in [0.29, 0.717) is 0 Å². The van der Waals surface area contributed by atoms with E-state index in [9.17, 15) is 4.79 Å². The number of esters is 1. The largest absolute Gasteiger partial charge is 0.431 e. The molecule has 2 aromatic rings. The van der Waals surface area contributed by atoms with Crippen LogP contribution in [0.4, 0.5) is 0 Å². The molecule has 0 unspecified atom stereocenters. The van der Waals surface area contributed by atoms with E-state index in [4.69, 9.17) is 4.74 Å². The van der Waals surface area contributed by atoms with Crippen LogP contribution in [0.25, 0.3) is 6.08 Å². The summed E-state index contributed by atoms with van der Waals surface area (Å²) in [4.78, 5) is 11.6. The van der Waals surface area contributed by atoms with Crippen molar-refractivity contribution in [2.24, 2.45) is 0 Å². The molecule has 0 atom stereocenters. The Morgan fingerprint density at radius 2 is 1.62 bits per heavy atom. The molecule has 2 heteroatoms. The highest BCUT2D eigenvalue weighted by atomic mass is 16.5. The molecule has 0 spiro atoms. The number of carbonyl (C=O) groups is 1. The first kappa shape index (κ1) is 14.8. The highest BCUT2D eigenvalue weighted by Gasteiger charge is 1.97. The SMILES string of the molecule is C/C(=C\OC(=O)/C=C/c1ccccc1)Cc1ccccc1. The smallest absolute Gasteiger partial charge is 0.335 e. The molecule has 106 valence electrons. The van der Waals surface area contributed by atoms with Crippen molar-refractivity contribution >= 4 is 12.0 Å². The van der Waals surface area contributed by atoms with Gasteiger partial charge in [0, 0.05) is 6.08 Å². The fourth-order valence-electron chi connectivity index (χ4n) is 1.89. The predicted molar refractivity (Wildman–Crippen MR) is 85.5 cm³/mol. The maximum Gasteiger partial charge on any atom is 0.335 e. The topological polar surface area (TPSA) is 26.3 Å². The second-order valence-corrected chi connectivity index (χ2v) is 4.81. The Kier molecular flexibility index (Phi) is 5.53. The van der Waals surface area contributed by atoms with Gasteiger partial charge in [-0.25, -0.2) is 4.79 Å². The van der Waals surface area contributed by atoms with E-state index < -0.39 is 0 Å². The van der Waals surface area contributed by atoms with E-state index in [-0.39, 0.29) is 5.97 Å². The van der Waals surface area contributed by atoms with E-state index in [1.807, 2.05) is 55.5 Å². The molecule has 0 fully saturated rings. The molecule has 2 aromatic carbocycles. The number of carbonyl (C=O) groups excluding carboxylic acids is 1. The molecule has 0 saturated heterocycles. The molecule has 0 N–H and O–H groups in total. The van der Waals surface area contributed by atoms with Gasteiger partial charge >= 0.3 is 5.97 Å². The highest BCUT2D eigenvalue weighted by Crippen LogP contribution is 2.07. The lowest BCUT2D eigenvalue weighted by atomic mass is 10.1. The summed E-state index contributed by atoms with van der Waals surface area (Å²) in [5, 5.41) is 0. The summed E-state index contributed by atoms with van der Waals surface area (Å²) in [6, 6.07) is 19.7. The van der Waals surface area contributed by atoms with E-state index in [1.54, 1.807) is 6.08 Å². The molecular weight excluding hydrogens is 260 g/mol. The molecule has 0 aliphatic heterocycles. The zero-order valence-corrected chi connectivity index (χ0v) is 12.0. The summed E-state index contributed by atoms with van der Waals surface area (Å²) in [6.07, 6.45) is 5.46. The Hall–Kier alpha value is -2.61. The molecule has 2 rings (SSSR count). The van der Waals surface area contributed by atoms with Crippen LogP contribution in [-0.4, -0.2) is 5.97 Å². The lowest BCUT2D eigenvalue weighted by molar-refractivity contribution is -0.132. The van der Waals surface area contributed by atoms with E-state index in [2.05, 4.69) is 12.1 Å².